The standard InChI is InChI=1S/C15H16N6/c1-2-9-21-15(17-11-18-21)10-20-13-6-4-3-5-12(13)19-14(20)7-8-16/h3-6,11H,2,7,9-10H2,1H3. The SMILES string of the molecule is CCCn1ncnc1Cn1c(CC#N)nc2ccccc21. The Morgan fingerprint density at radius 2 is 2.10 bits per heavy atom. The van der Waals surface area contributed by atoms with Crippen LogP contribution in [0.3, 0.4) is 0 Å². The van der Waals surface area contributed by atoms with Crippen molar-refractivity contribution in [1.82, 2.24) is 24.3 Å². The van der Waals surface area contributed by atoms with Crippen LogP contribution in [0, 0.1) is 11.3 Å². The summed E-state index contributed by atoms with van der Waals surface area (Å²) in [6, 6.07) is 10.1. The number of imidazole rings is 1. The fourth-order valence-corrected chi connectivity index (χ4v) is 2.46. The summed E-state index contributed by atoms with van der Waals surface area (Å²) in [6.07, 6.45) is 2.87. The Labute approximate surface area is 122 Å². The number of aryl methyl sites for hydroxylation is 1. The zero-order chi connectivity index (χ0) is 14.7. The van der Waals surface area contributed by atoms with Crippen molar-refractivity contribution in [3.63, 3.8) is 0 Å². The molecule has 0 saturated heterocycles. The predicted molar refractivity (Wildman–Crippen MR) is 78.5 cm³/mol. The molecule has 106 valence electrons. The Hall–Kier alpha value is -2.68. The van der Waals surface area contributed by atoms with E-state index in [-0.39, 0.29) is 6.42 Å². The number of hydrogen-bond donors (Lipinski definition) is 0. The second-order valence-corrected chi connectivity index (χ2v) is 4.84. The molecule has 0 spiro atoms. The molecule has 0 radical (unpaired) electrons. The van der Waals surface area contributed by atoms with Crippen molar-refractivity contribution in [2.75, 3.05) is 0 Å². The third-order valence-electron chi connectivity index (χ3n) is 3.40. The molecule has 0 bridgehead atoms. The maximum Gasteiger partial charge on any atom is 0.146 e. The van der Waals surface area contributed by atoms with E-state index < -0.39 is 0 Å². The maximum absolute atomic E-state index is 9.00. The molecule has 21 heavy (non-hydrogen) atoms. The normalized spacial score (nSPS) is 10.9. The molecule has 3 rings (SSSR count). The lowest BCUT2D eigenvalue weighted by Gasteiger charge is -2.08. The molecule has 3 aromatic rings. The number of fused-ring (bicyclic) bond motifs is 1. The van der Waals surface area contributed by atoms with Gasteiger partial charge in [0.15, 0.2) is 0 Å². The Balaban J connectivity index is 2.04. The summed E-state index contributed by atoms with van der Waals surface area (Å²) in [6.45, 7) is 3.53. The van der Waals surface area contributed by atoms with Gasteiger partial charge in [-0.05, 0) is 18.6 Å². The van der Waals surface area contributed by atoms with Gasteiger partial charge >= 0.3 is 0 Å². The van der Waals surface area contributed by atoms with Crippen molar-refractivity contribution in [1.29, 1.82) is 5.26 Å². The molecule has 0 amide bonds. The molecule has 2 aromatic heterocycles. The number of benzene rings is 1. The van der Waals surface area contributed by atoms with Crippen molar-refractivity contribution in [2.45, 2.75) is 32.9 Å². The molecule has 0 saturated carbocycles. The van der Waals surface area contributed by atoms with E-state index in [0.29, 0.717) is 6.54 Å². The Bertz CT molecular complexity index is 792. The highest BCUT2D eigenvalue weighted by molar-refractivity contribution is 5.76. The molecule has 0 aliphatic heterocycles. The lowest BCUT2D eigenvalue weighted by atomic mass is 10.3. The van der Waals surface area contributed by atoms with Crippen LogP contribution in [0.2, 0.25) is 0 Å². The lowest BCUT2D eigenvalue weighted by molar-refractivity contribution is 0.553. The number of rotatable bonds is 5. The van der Waals surface area contributed by atoms with Crippen molar-refractivity contribution in [3.05, 3.63) is 42.2 Å². The topological polar surface area (TPSA) is 72.3 Å². The van der Waals surface area contributed by atoms with E-state index in [0.717, 1.165) is 35.6 Å². The summed E-state index contributed by atoms with van der Waals surface area (Å²) in [7, 11) is 0. The van der Waals surface area contributed by atoms with Crippen LogP contribution in [0.15, 0.2) is 30.6 Å². The van der Waals surface area contributed by atoms with Gasteiger partial charge in [-0.15, -0.1) is 0 Å². The first-order chi connectivity index (χ1) is 10.3. The first kappa shape index (κ1) is 13.3. The highest BCUT2D eigenvalue weighted by Crippen LogP contribution is 2.17. The molecular weight excluding hydrogens is 264 g/mol. The largest absolute Gasteiger partial charge is 0.319 e. The molecule has 0 unspecified atom stereocenters. The van der Waals surface area contributed by atoms with Crippen LogP contribution in [-0.2, 0) is 19.5 Å². The van der Waals surface area contributed by atoms with Crippen molar-refractivity contribution in [3.8, 4) is 6.07 Å². The third kappa shape index (κ3) is 2.50. The summed E-state index contributed by atoms with van der Waals surface area (Å²) in [5, 5.41) is 13.2. The third-order valence-corrected chi connectivity index (χ3v) is 3.40. The number of para-hydroxylation sites is 2. The van der Waals surface area contributed by atoms with E-state index in [1.807, 2.05) is 28.9 Å². The molecular formula is C15H16N6. The van der Waals surface area contributed by atoms with Crippen LogP contribution in [0.4, 0.5) is 0 Å². The number of aromatic nitrogens is 5. The molecule has 0 aliphatic rings. The van der Waals surface area contributed by atoms with Crippen molar-refractivity contribution < 1.29 is 0 Å². The van der Waals surface area contributed by atoms with Gasteiger partial charge in [0.05, 0.1) is 30.1 Å². The summed E-state index contributed by atoms with van der Waals surface area (Å²) < 4.78 is 3.96. The first-order valence-corrected chi connectivity index (χ1v) is 7.01. The Morgan fingerprint density at radius 1 is 1.24 bits per heavy atom. The molecule has 6 heteroatoms. The Kier molecular flexibility index (Phi) is 3.65. The van der Waals surface area contributed by atoms with E-state index >= 15 is 0 Å². The minimum absolute atomic E-state index is 0.288. The molecule has 1 aromatic carbocycles. The van der Waals surface area contributed by atoms with Crippen LogP contribution in [-0.4, -0.2) is 24.3 Å². The fourth-order valence-electron chi connectivity index (χ4n) is 2.46. The second-order valence-electron chi connectivity index (χ2n) is 4.84. The molecule has 0 N–H and O–H groups in total. The van der Waals surface area contributed by atoms with Gasteiger partial charge in [0, 0.05) is 6.54 Å². The van der Waals surface area contributed by atoms with Gasteiger partial charge in [-0.2, -0.15) is 10.4 Å². The van der Waals surface area contributed by atoms with Crippen LogP contribution in [0.5, 0.6) is 0 Å². The Morgan fingerprint density at radius 3 is 2.90 bits per heavy atom. The van der Waals surface area contributed by atoms with E-state index in [1.165, 1.54) is 0 Å². The zero-order valence-corrected chi connectivity index (χ0v) is 11.9. The van der Waals surface area contributed by atoms with Crippen LogP contribution < -0.4 is 0 Å². The van der Waals surface area contributed by atoms with Gasteiger partial charge in [0.2, 0.25) is 0 Å². The average Bonchev–Trinajstić information content (AvgIpc) is 3.06. The highest BCUT2D eigenvalue weighted by Gasteiger charge is 2.13. The maximum atomic E-state index is 9.00. The molecule has 2 heterocycles. The minimum Gasteiger partial charge on any atom is -0.319 e. The van der Waals surface area contributed by atoms with E-state index in [4.69, 9.17) is 5.26 Å². The van der Waals surface area contributed by atoms with Gasteiger partial charge in [0.25, 0.3) is 0 Å². The van der Waals surface area contributed by atoms with Crippen molar-refractivity contribution >= 4 is 11.0 Å². The van der Waals surface area contributed by atoms with Gasteiger partial charge in [-0.1, -0.05) is 19.1 Å². The smallest absolute Gasteiger partial charge is 0.146 e. The average molecular weight is 280 g/mol. The predicted octanol–water partition coefficient (Wildman–Crippen LogP) is 2.15. The molecule has 0 fully saturated rings. The number of hydrogen-bond acceptors (Lipinski definition) is 4. The van der Waals surface area contributed by atoms with E-state index in [9.17, 15) is 0 Å². The number of nitriles is 1. The summed E-state index contributed by atoms with van der Waals surface area (Å²) in [5.74, 6) is 1.66. The van der Waals surface area contributed by atoms with E-state index in [1.54, 1.807) is 6.33 Å². The fraction of sp³-hybridized carbons (Fsp3) is 0.333. The molecule has 0 aliphatic carbocycles. The summed E-state index contributed by atoms with van der Waals surface area (Å²) in [4.78, 5) is 8.88. The monoisotopic (exact) mass is 280 g/mol. The first-order valence-electron chi connectivity index (χ1n) is 7.01. The van der Waals surface area contributed by atoms with Gasteiger partial charge in [-0.3, -0.25) is 0 Å². The van der Waals surface area contributed by atoms with Crippen LogP contribution >= 0.6 is 0 Å². The summed E-state index contributed by atoms with van der Waals surface area (Å²) in [5.41, 5.74) is 1.93. The summed E-state index contributed by atoms with van der Waals surface area (Å²) >= 11 is 0. The van der Waals surface area contributed by atoms with Crippen LogP contribution in [0.25, 0.3) is 11.0 Å². The van der Waals surface area contributed by atoms with Crippen molar-refractivity contribution in [2.24, 2.45) is 0 Å². The van der Waals surface area contributed by atoms with Gasteiger partial charge < -0.3 is 4.57 Å². The minimum atomic E-state index is 0.288. The van der Waals surface area contributed by atoms with E-state index in [2.05, 4.69) is 32.6 Å². The van der Waals surface area contributed by atoms with Gasteiger partial charge in [0.1, 0.15) is 18.0 Å². The van der Waals surface area contributed by atoms with Crippen LogP contribution in [0.1, 0.15) is 25.0 Å². The quantitative estimate of drug-likeness (QED) is 0.718. The number of nitrogens with zero attached hydrogens (tertiary/aromatic N) is 6. The van der Waals surface area contributed by atoms with Gasteiger partial charge in [-0.25, -0.2) is 14.6 Å². The zero-order valence-electron chi connectivity index (χ0n) is 11.9. The second kappa shape index (κ2) is 5.75. The molecule has 6 nitrogen and oxygen atoms in total. The lowest BCUT2D eigenvalue weighted by Crippen LogP contribution is -2.12. The molecule has 0 atom stereocenters. The highest BCUT2D eigenvalue weighted by atomic mass is 15.3.